The summed E-state index contributed by atoms with van der Waals surface area (Å²) in [5, 5.41) is 19.5. The Balaban J connectivity index is 1.98. The standard InChI is InChI=1S/C12H18N6O3/c1-7-9(18(20)21)10(17-12(13-2)16-7)14-5-6-15-11(19)8-3-4-8/h8H,3-6H2,1-2H3,(H,15,19)(H2,13,14,16,17). The molecule has 1 fully saturated rings. The molecular formula is C12H18N6O3. The third-order valence-electron chi connectivity index (χ3n) is 3.13. The van der Waals surface area contributed by atoms with Gasteiger partial charge in [0.15, 0.2) is 0 Å². The van der Waals surface area contributed by atoms with Crippen molar-refractivity contribution in [2.75, 3.05) is 30.8 Å². The summed E-state index contributed by atoms with van der Waals surface area (Å²) in [6.07, 6.45) is 1.89. The second-order valence-electron chi connectivity index (χ2n) is 4.83. The topological polar surface area (TPSA) is 122 Å². The fraction of sp³-hybridized carbons (Fsp3) is 0.583. The maximum atomic E-state index is 11.5. The summed E-state index contributed by atoms with van der Waals surface area (Å²) in [5.41, 5.74) is 0.131. The van der Waals surface area contributed by atoms with Crippen molar-refractivity contribution in [2.45, 2.75) is 19.8 Å². The van der Waals surface area contributed by atoms with Gasteiger partial charge in [-0.2, -0.15) is 4.98 Å². The van der Waals surface area contributed by atoms with E-state index in [2.05, 4.69) is 25.9 Å². The molecule has 0 radical (unpaired) electrons. The molecule has 0 spiro atoms. The maximum absolute atomic E-state index is 11.5. The van der Waals surface area contributed by atoms with E-state index in [4.69, 9.17) is 0 Å². The largest absolute Gasteiger partial charge is 0.362 e. The van der Waals surface area contributed by atoms with Crippen LogP contribution in [-0.4, -0.2) is 40.9 Å². The number of nitrogens with zero attached hydrogens (tertiary/aromatic N) is 3. The van der Waals surface area contributed by atoms with Gasteiger partial charge in [0.25, 0.3) is 0 Å². The number of aryl methyl sites for hydroxylation is 1. The van der Waals surface area contributed by atoms with Gasteiger partial charge in [0.1, 0.15) is 5.69 Å². The molecule has 0 saturated heterocycles. The highest BCUT2D eigenvalue weighted by Crippen LogP contribution is 2.28. The van der Waals surface area contributed by atoms with E-state index >= 15 is 0 Å². The SMILES string of the molecule is CNc1nc(C)c([N+](=O)[O-])c(NCCNC(=O)C2CC2)n1. The Bertz CT molecular complexity index is 558. The molecule has 9 heteroatoms. The first kappa shape index (κ1) is 14.9. The molecule has 1 aliphatic carbocycles. The molecular weight excluding hydrogens is 276 g/mol. The Morgan fingerprint density at radius 3 is 2.67 bits per heavy atom. The van der Waals surface area contributed by atoms with Gasteiger partial charge in [-0.05, 0) is 19.8 Å². The number of aromatic nitrogens is 2. The zero-order valence-electron chi connectivity index (χ0n) is 12.0. The van der Waals surface area contributed by atoms with Crippen molar-refractivity contribution < 1.29 is 9.72 Å². The Morgan fingerprint density at radius 2 is 2.10 bits per heavy atom. The fourth-order valence-corrected chi connectivity index (χ4v) is 1.88. The minimum Gasteiger partial charge on any atom is -0.362 e. The maximum Gasteiger partial charge on any atom is 0.332 e. The van der Waals surface area contributed by atoms with E-state index < -0.39 is 4.92 Å². The lowest BCUT2D eigenvalue weighted by Crippen LogP contribution is -2.30. The van der Waals surface area contributed by atoms with Crippen LogP contribution in [0, 0.1) is 23.0 Å². The van der Waals surface area contributed by atoms with Crippen molar-refractivity contribution in [1.29, 1.82) is 0 Å². The molecule has 3 N–H and O–H groups in total. The van der Waals surface area contributed by atoms with E-state index in [1.165, 1.54) is 0 Å². The Morgan fingerprint density at radius 1 is 1.38 bits per heavy atom. The van der Waals surface area contributed by atoms with E-state index in [0.717, 1.165) is 12.8 Å². The number of nitro groups is 1. The summed E-state index contributed by atoms with van der Waals surface area (Å²) in [5.74, 6) is 0.651. The molecule has 9 nitrogen and oxygen atoms in total. The lowest BCUT2D eigenvalue weighted by Gasteiger charge is -2.10. The molecule has 1 amide bonds. The Labute approximate surface area is 121 Å². The van der Waals surface area contributed by atoms with Crippen molar-refractivity contribution in [1.82, 2.24) is 15.3 Å². The second-order valence-corrected chi connectivity index (χ2v) is 4.83. The van der Waals surface area contributed by atoms with Gasteiger partial charge >= 0.3 is 5.69 Å². The summed E-state index contributed by atoms with van der Waals surface area (Å²) in [6, 6.07) is 0. The molecule has 1 heterocycles. The quantitative estimate of drug-likeness (QED) is 0.384. The third kappa shape index (κ3) is 3.77. The van der Waals surface area contributed by atoms with Crippen LogP contribution in [0.4, 0.5) is 17.5 Å². The molecule has 21 heavy (non-hydrogen) atoms. The summed E-state index contributed by atoms with van der Waals surface area (Å²) >= 11 is 0. The Kier molecular flexibility index (Phi) is 4.51. The molecule has 1 aromatic heterocycles. The van der Waals surface area contributed by atoms with E-state index in [0.29, 0.717) is 19.0 Å². The first-order valence-corrected chi connectivity index (χ1v) is 6.75. The van der Waals surface area contributed by atoms with Gasteiger partial charge in [0.2, 0.25) is 17.7 Å². The highest BCUT2D eigenvalue weighted by Gasteiger charge is 2.29. The molecule has 1 saturated carbocycles. The minimum absolute atomic E-state index is 0.0427. The average molecular weight is 294 g/mol. The summed E-state index contributed by atoms with van der Waals surface area (Å²) in [6.45, 7) is 2.31. The monoisotopic (exact) mass is 294 g/mol. The van der Waals surface area contributed by atoms with Crippen LogP contribution in [0.15, 0.2) is 0 Å². The first-order chi connectivity index (χ1) is 10.0. The lowest BCUT2D eigenvalue weighted by molar-refractivity contribution is -0.385. The molecule has 0 unspecified atom stereocenters. The van der Waals surface area contributed by atoms with E-state index in [-0.39, 0.29) is 29.0 Å². The summed E-state index contributed by atoms with van der Waals surface area (Å²) < 4.78 is 0. The van der Waals surface area contributed by atoms with Gasteiger partial charge in [-0.25, -0.2) is 4.98 Å². The van der Waals surface area contributed by atoms with Crippen molar-refractivity contribution in [3.8, 4) is 0 Å². The van der Waals surface area contributed by atoms with Crippen molar-refractivity contribution in [3.63, 3.8) is 0 Å². The predicted molar refractivity (Wildman–Crippen MR) is 77.2 cm³/mol. The van der Waals surface area contributed by atoms with Gasteiger partial charge < -0.3 is 16.0 Å². The molecule has 2 rings (SSSR count). The molecule has 0 aliphatic heterocycles. The van der Waals surface area contributed by atoms with Gasteiger partial charge in [0, 0.05) is 26.1 Å². The van der Waals surface area contributed by atoms with Gasteiger partial charge in [-0.3, -0.25) is 14.9 Å². The zero-order valence-corrected chi connectivity index (χ0v) is 12.0. The highest BCUT2D eigenvalue weighted by atomic mass is 16.6. The summed E-state index contributed by atoms with van der Waals surface area (Å²) in [7, 11) is 1.64. The van der Waals surface area contributed by atoms with Crippen LogP contribution >= 0.6 is 0 Å². The molecule has 0 aromatic carbocycles. The van der Waals surface area contributed by atoms with Gasteiger partial charge in [0.05, 0.1) is 4.92 Å². The molecule has 114 valence electrons. The number of anilines is 2. The third-order valence-corrected chi connectivity index (χ3v) is 3.13. The number of hydrogen-bond donors (Lipinski definition) is 3. The van der Waals surface area contributed by atoms with E-state index in [1.54, 1.807) is 14.0 Å². The van der Waals surface area contributed by atoms with Crippen LogP contribution < -0.4 is 16.0 Å². The van der Waals surface area contributed by atoms with E-state index in [9.17, 15) is 14.9 Å². The average Bonchev–Trinajstić information content (AvgIpc) is 3.26. The molecule has 1 aliphatic rings. The fourth-order valence-electron chi connectivity index (χ4n) is 1.88. The van der Waals surface area contributed by atoms with Crippen LogP contribution in [0.2, 0.25) is 0 Å². The van der Waals surface area contributed by atoms with Crippen molar-refractivity contribution in [3.05, 3.63) is 15.8 Å². The molecule has 0 bridgehead atoms. The van der Waals surface area contributed by atoms with Gasteiger partial charge in [-0.1, -0.05) is 0 Å². The number of amides is 1. The molecule has 1 aromatic rings. The zero-order chi connectivity index (χ0) is 15.4. The van der Waals surface area contributed by atoms with Crippen LogP contribution in [0.3, 0.4) is 0 Å². The van der Waals surface area contributed by atoms with Crippen LogP contribution in [-0.2, 0) is 4.79 Å². The minimum atomic E-state index is -0.514. The van der Waals surface area contributed by atoms with Gasteiger partial charge in [-0.15, -0.1) is 0 Å². The number of carbonyl (C=O) groups excluding carboxylic acids is 1. The predicted octanol–water partition coefficient (Wildman–Crippen LogP) is 0.673. The smallest absolute Gasteiger partial charge is 0.332 e. The number of hydrogen-bond acceptors (Lipinski definition) is 7. The number of carbonyl (C=O) groups is 1. The second kappa shape index (κ2) is 6.33. The van der Waals surface area contributed by atoms with E-state index in [1.807, 2.05) is 0 Å². The normalized spacial score (nSPS) is 13.6. The molecule has 0 atom stereocenters. The van der Waals surface area contributed by atoms with Crippen molar-refractivity contribution >= 4 is 23.4 Å². The Hall–Kier alpha value is -2.45. The summed E-state index contributed by atoms with van der Waals surface area (Å²) in [4.78, 5) is 30.1. The van der Waals surface area contributed by atoms with Crippen molar-refractivity contribution in [2.24, 2.45) is 5.92 Å². The lowest BCUT2D eigenvalue weighted by atomic mass is 10.3. The first-order valence-electron chi connectivity index (χ1n) is 6.75. The van der Waals surface area contributed by atoms with Crippen LogP contribution in [0.5, 0.6) is 0 Å². The number of nitrogens with one attached hydrogen (secondary N) is 3. The van der Waals surface area contributed by atoms with Crippen LogP contribution in [0.1, 0.15) is 18.5 Å². The van der Waals surface area contributed by atoms with Crippen LogP contribution in [0.25, 0.3) is 0 Å². The number of rotatable bonds is 7. The highest BCUT2D eigenvalue weighted by molar-refractivity contribution is 5.80.